The van der Waals surface area contributed by atoms with Crippen LogP contribution < -0.4 is 5.32 Å². The highest BCUT2D eigenvalue weighted by Gasteiger charge is 2.27. The highest BCUT2D eigenvalue weighted by atomic mass is 35.5. The summed E-state index contributed by atoms with van der Waals surface area (Å²) >= 11 is 5.92. The Bertz CT molecular complexity index is 583. The van der Waals surface area contributed by atoms with Gasteiger partial charge >= 0.3 is 0 Å². The maximum absolute atomic E-state index is 12.8. The molecule has 1 atom stereocenters. The molecule has 0 bridgehead atoms. The van der Waals surface area contributed by atoms with Crippen molar-refractivity contribution in [2.75, 3.05) is 26.2 Å². The second-order valence-electron chi connectivity index (χ2n) is 5.58. The summed E-state index contributed by atoms with van der Waals surface area (Å²) in [5, 5.41) is 3.90. The van der Waals surface area contributed by atoms with Crippen molar-refractivity contribution in [1.82, 2.24) is 9.62 Å². The van der Waals surface area contributed by atoms with Gasteiger partial charge in [-0.15, -0.1) is 0 Å². The molecule has 1 saturated heterocycles. The molecule has 1 aliphatic heterocycles. The van der Waals surface area contributed by atoms with Crippen molar-refractivity contribution in [3.8, 4) is 0 Å². The number of hydrogen-bond acceptors (Lipinski definition) is 3. The van der Waals surface area contributed by atoms with Crippen LogP contribution in [-0.4, -0.2) is 38.9 Å². The zero-order chi connectivity index (χ0) is 15.5. The van der Waals surface area contributed by atoms with Gasteiger partial charge in [0.1, 0.15) is 0 Å². The quantitative estimate of drug-likeness (QED) is 0.903. The molecule has 0 saturated carbocycles. The number of piperidine rings is 1. The van der Waals surface area contributed by atoms with Gasteiger partial charge in [0.05, 0.1) is 4.90 Å². The molecule has 1 aromatic carbocycles. The second kappa shape index (κ2) is 7.09. The summed E-state index contributed by atoms with van der Waals surface area (Å²) in [6.45, 7) is 6.67. The average Bonchev–Trinajstić information content (AvgIpc) is 2.45. The zero-order valence-corrected chi connectivity index (χ0v) is 14.2. The zero-order valence-electron chi connectivity index (χ0n) is 12.6. The van der Waals surface area contributed by atoms with E-state index in [1.807, 2.05) is 6.92 Å². The van der Waals surface area contributed by atoms with E-state index in [1.54, 1.807) is 29.4 Å². The topological polar surface area (TPSA) is 49.4 Å². The van der Waals surface area contributed by atoms with E-state index >= 15 is 0 Å². The van der Waals surface area contributed by atoms with Crippen LogP contribution in [0.15, 0.2) is 23.1 Å². The van der Waals surface area contributed by atoms with Crippen LogP contribution in [0.4, 0.5) is 0 Å². The predicted octanol–water partition coefficient (Wildman–Crippen LogP) is 2.66. The fourth-order valence-electron chi connectivity index (χ4n) is 2.81. The number of nitrogens with zero attached hydrogens (tertiary/aromatic N) is 1. The standard InChI is InChI=1S/C15H23ClN2O2S/c1-3-18(11-13-5-4-8-17-10-13)21(19,20)15-7-6-14(16)9-12(15)2/h6-7,9,13,17H,3-5,8,10-11H2,1-2H3. The van der Waals surface area contributed by atoms with Crippen molar-refractivity contribution < 1.29 is 8.42 Å². The van der Waals surface area contributed by atoms with Gasteiger partial charge in [-0.05, 0) is 62.5 Å². The highest BCUT2D eigenvalue weighted by Crippen LogP contribution is 2.24. The van der Waals surface area contributed by atoms with Crippen molar-refractivity contribution in [2.24, 2.45) is 5.92 Å². The molecule has 0 spiro atoms. The number of hydrogen-bond donors (Lipinski definition) is 1. The number of benzene rings is 1. The maximum Gasteiger partial charge on any atom is 0.243 e. The van der Waals surface area contributed by atoms with E-state index < -0.39 is 10.0 Å². The van der Waals surface area contributed by atoms with Gasteiger partial charge in [0.25, 0.3) is 0 Å². The second-order valence-corrected chi connectivity index (χ2v) is 7.92. The molecule has 0 aliphatic carbocycles. The molecule has 1 fully saturated rings. The summed E-state index contributed by atoms with van der Waals surface area (Å²) in [6, 6.07) is 4.94. The predicted molar refractivity (Wildman–Crippen MR) is 86.2 cm³/mol. The lowest BCUT2D eigenvalue weighted by Crippen LogP contribution is -2.41. The summed E-state index contributed by atoms with van der Waals surface area (Å²) in [4.78, 5) is 0.359. The van der Waals surface area contributed by atoms with E-state index in [9.17, 15) is 8.42 Å². The molecule has 1 heterocycles. The van der Waals surface area contributed by atoms with Crippen molar-refractivity contribution >= 4 is 21.6 Å². The SMILES string of the molecule is CCN(CC1CCCNC1)S(=O)(=O)c1ccc(Cl)cc1C. The van der Waals surface area contributed by atoms with Crippen LogP contribution >= 0.6 is 11.6 Å². The molecule has 21 heavy (non-hydrogen) atoms. The lowest BCUT2D eigenvalue weighted by Gasteiger charge is -2.29. The van der Waals surface area contributed by atoms with Gasteiger partial charge in [-0.2, -0.15) is 4.31 Å². The van der Waals surface area contributed by atoms with E-state index in [0.29, 0.717) is 34.5 Å². The fraction of sp³-hybridized carbons (Fsp3) is 0.600. The third-order valence-electron chi connectivity index (χ3n) is 3.97. The first kappa shape index (κ1) is 16.7. The van der Waals surface area contributed by atoms with Crippen molar-refractivity contribution in [1.29, 1.82) is 0 Å². The van der Waals surface area contributed by atoms with Gasteiger partial charge in [-0.3, -0.25) is 0 Å². The number of halogens is 1. The molecule has 1 aliphatic rings. The monoisotopic (exact) mass is 330 g/mol. The molecule has 4 nitrogen and oxygen atoms in total. The molecule has 0 radical (unpaired) electrons. The summed E-state index contributed by atoms with van der Waals surface area (Å²) in [6.07, 6.45) is 2.20. The first-order valence-electron chi connectivity index (χ1n) is 7.42. The molecule has 1 unspecified atom stereocenters. The first-order chi connectivity index (χ1) is 9.95. The Morgan fingerprint density at radius 2 is 2.19 bits per heavy atom. The Balaban J connectivity index is 2.22. The minimum Gasteiger partial charge on any atom is -0.316 e. The molecular weight excluding hydrogens is 308 g/mol. The minimum absolute atomic E-state index is 0.359. The summed E-state index contributed by atoms with van der Waals surface area (Å²) in [5.74, 6) is 0.390. The normalized spacial score (nSPS) is 19.9. The molecule has 118 valence electrons. The van der Waals surface area contributed by atoms with E-state index in [2.05, 4.69) is 5.32 Å². The number of sulfonamides is 1. The van der Waals surface area contributed by atoms with Gasteiger partial charge < -0.3 is 5.32 Å². The number of aryl methyl sites for hydroxylation is 1. The maximum atomic E-state index is 12.8. The third kappa shape index (κ3) is 3.97. The van der Waals surface area contributed by atoms with Gasteiger partial charge in [-0.25, -0.2) is 8.42 Å². The van der Waals surface area contributed by atoms with Crippen LogP contribution in [0.3, 0.4) is 0 Å². The summed E-state index contributed by atoms with van der Waals surface area (Å²) in [7, 11) is -3.45. The van der Waals surface area contributed by atoms with E-state index in [-0.39, 0.29) is 0 Å². The van der Waals surface area contributed by atoms with Crippen LogP contribution in [0.2, 0.25) is 5.02 Å². The number of nitrogens with one attached hydrogen (secondary N) is 1. The fourth-order valence-corrected chi connectivity index (χ4v) is 4.76. The molecular formula is C15H23ClN2O2S. The van der Waals surface area contributed by atoms with E-state index in [0.717, 1.165) is 25.9 Å². The van der Waals surface area contributed by atoms with Crippen LogP contribution in [0.5, 0.6) is 0 Å². The average molecular weight is 331 g/mol. The molecule has 2 rings (SSSR count). The van der Waals surface area contributed by atoms with E-state index in [1.165, 1.54) is 0 Å². The van der Waals surface area contributed by atoms with Crippen molar-refractivity contribution in [3.05, 3.63) is 28.8 Å². The van der Waals surface area contributed by atoms with Crippen LogP contribution in [0.25, 0.3) is 0 Å². The van der Waals surface area contributed by atoms with Crippen LogP contribution in [0.1, 0.15) is 25.3 Å². The molecule has 0 amide bonds. The highest BCUT2D eigenvalue weighted by molar-refractivity contribution is 7.89. The molecule has 1 aromatic rings. The lowest BCUT2D eigenvalue weighted by atomic mass is 10.00. The molecule has 1 N–H and O–H groups in total. The van der Waals surface area contributed by atoms with Crippen LogP contribution in [-0.2, 0) is 10.0 Å². The Morgan fingerprint density at radius 1 is 1.43 bits per heavy atom. The summed E-state index contributed by atoms with van der Waals surface area (Å²) in [5.41, 5.74) is 0.697. The van der Waals surface area contributed by atoms with Crippen molar-refractivity contribution in [3.63, 3.8) is 0 Å². The Morgan fingerprint density at radius 3 is 2.76 bits per heavy atom. The van der Waals surface area contributed by atoms with Gasteiger partial charge in [-0.1, -0.05) is 18.5 Å². The third-order valence-corrected chi connectivity index (χ3v) is 6.30. The van der Waals surface area contributed by atoms with Crippen molar-refractivity contribution in [2.45, 2.75) is 31.6 Å². The Hall–Kier alpha value is -0.620. The Kier molecular flexibility index (Phi) is 5.66. The Labute approximate surface area is 132 Å². The molecule has 0 aromatic heterocycles. The molecule has 6 heteroatoms. The summed E-state index contributed by atoms with van der Waals surface area (Å²) < 4.78 is 27.2. The van der Waals surface area contributed by atoms with Gasteiger partial charge in [0.15, 0.2) is 0 Å². The minimum atomic E-state index is -3.45. The van der Waals surface area contributed by atoms with Gasteiger partial charge in [0.2, 0.25) is 10.0 Å². The smallest absolute Gasteiger partial charge is 0.243 e. The first-order valence-corrected chi connectivity index (χ1v) is 9.24. The van der Waals surface area contributed by atoms with E-state index in [4.69, 9.17) is 11.6 Å². The lowest BCUT2D eigenvalue weighted by molar-refractivity contribution is 0.297. The number of rotatable bonds is 5. The van der Waals surface area contributed by atoms with Gasteiger partial charge in [0, 0.05) is 18.1 Å². The van der Waals surface area contributed by atoms with Crippen LogP contribution in [0, 0.1) is 12.8 Å². The largest absolute Gasteiger partial charge is 0.316 e.